The number of anilines is 1. The Labute approximate surface area is 103 Å². The maximum atomic E-state index is 13.3. The van der Waals surface area contributed by atoms with E-state index in [4.69, 9.17) is 9.84 Å². The van der Waals surface area contributed by atoms with Crippen LogP contribution in [-0.4, -0.2) is 42.7 Å². The van der Waals surface area contributed by atoms with E-state index in [2.05, 4.69) is 5.32 Å². The highest BCUT2D eigenvalue weighted by Crippen LogP contribution is 2.20. The molecule has 0 aliphatic rings. The molecule has 0 aromatic heterocycles. The first kappa shape index (κ1) is 13.8. The molecular formula is C11H13FN2O4. The molecule has 7 heteroatoms. The third-order valence-corrected chi connectivity index (χ3v) is 2.12. The Morgan fingerprint density at radius 3 is 2.67 bits per heavy atom. The van der Waals surface area contributed by atoms with E-state index < -0.39 is 24.4 Å². The molecule has 0 heterocycles. The zero-order valence-electron chi connectivity index (χ0n) is 9.94. The van der Waals surface area contributed by atoms with Crippen LogP contribution in [0.25, 0.3) is 0 Å². The number of methoxy groups -OCH3 is 1. The van der Waals surface area contributed by atoms with Gasteiger partial charge in [-0.15, -0.1) is 0 Å². The summed E-state index contributed by atoms with van der Waals surface area (Å²) < 4.78 is 18.1. The van der Waals surface area contributed by atoms with Crippen LogP contribution < -0.4 is 10.1 Å². The Morgan fingerprint density at radius 2 is 2.17 bits per heavy atom. The van der Waals surface area contributed by atoms with Crippen molar-refractivity contribution >= 4 is 17.7 Å². The number of carboxylic acids is 1. The molecular weight excluding hydrogens is 243 g/mol. The average Bonchev–Trinajstić information content (AvgIpc) is 2.28. The van der Waals surface area contributed by atoms with Crippen molar-refractivity contribution in [2.24, 2.45) is 0 Å². The number of likely N-dealkylation sites (N-methyl/N-ethyl adjacent to an activating group) is 1. The van der Waals surface area contributed by atoms with Gasteiger partial charge in [0, 0.05) is 18.8 Å². The SMILES string of the molecule is COc1ccc(NC(=O)N(C)CC(=O)O)cc1F. The number of carbonyl (C=O) groups excluding carboxylic acids is 1. The highest BCUT2D eigenvalue weighted by molar-refractivity contribution is 5.91. The fourth-order valence-electron chi connectivity index (χ4n) is 1.24. The smallest absolute Gasteiger partial charge is 0.323 e. The Kier molecular flexibility index (Phi) is 4.47. The van der Waals surface area contributed by atoms with Crippen molar-refractivity contribution in [3.63, 3.8) is 0 Å². The number of aliphatic carboxylic acids is 1. The molecule has 0 aliphatic heterocycles. The quantitative estimate of drug-likeness (QED) is 0.853. The lowest BCUT2D eigenvalue weighted by molar-refractivity contribution is -0.137. The van der Waals surface area contributed by atoms with Crippen molar-refractivity contribution in [3.8, 4) is 5.75 Å². The van der Waals surface area contributed by atoms with Gasteiger partial charge in [-0.3, -0.25) is 4.79 Å². The summed E-state index contributed by atoms with van der Waals surface area (Å²) >= 11 is 0. The lowest BCUT2D eigenvalue weighted by Crippen LogP contribution is -2.35. The lowest BCUT2D eigenvalue weighted by atomic mass is 10.3. The monoisotopic (exact) mass is 256 g/mol. The summed E-state index contributed by atoms with van der Waals surface area (Å²) in [6.07, 6.45) is 0. The number of rotatable bonds is 4. The van der Waals surface area contributed by atoms with Gasteiger partial charge in [-0.1, -0.05) is 0 Å². The third-order valence-electron chi connectivity index (χ3n) is 2.12. The number of ether oxygens (including phenoxy) is 1. The number of nitrogens with one attached hydrogen (secondary N) is 1. The Balaban J connectivity index is 2.70. The molecule has 0 atom stereocenters. The van der Waals surface area contributed by atoms with Gasteiger partial charge in [-0.05, 0) is 12.1 Å². The van der Waals surface area contributed by atoms with E-state index in [0.717, 1.165) is 11.0 Å². The molecule has 6 nitrogen and oxygen atoms in total. The fraction of sp³-hybridized carbons (Fsp3) is 0.273. The molecule has 18 heavy (non-hydrogen) atoms. The van der Waals surface area contributed by atoms with Gasteiger partial charge in [0.2, 0.25) is 0 Å². The van der Waals surface area contributed by atoms with Crippen LogP contribution in [0.4, 0.5) is 14.9 Å². The number of carbonyl (C=O) groups is 2. The highest BCUT2D eigenvalue weighted by atomic mass is 19.1. The second kappa shape index (κ2) is 5.85. The van der Waals surface area contributed by atoms with Gasteiger partial charge in [0.1, 0.15) is 6.54 Å². The molecule has 98 valence electrons. The number of amides is 2. The van der Waals surface area contributed by atoms with Crippen molar-refractivity contribution in [1.82, 2.24) is 4.90 Å². The topological polar surface area (TPSA) is 78.9 Å². The minimum absolute atomic E-state index is 0.0619. The summed E-state index contributed by atoms with van der Waals surface area (Å²) in [5, 5.41) is 10.9. The maximum Gasteiger partial charge on any atom is 0.323 e. The van der Waals surface area contributed by atoms with E-state index in [9.17, 15) is 14.0 Å². The van der Waals surface area contributed by atoms with Crippen LogP contribution >= 0.6 is 0 Å². The molecule has 1 aromatic carbocycles. The molecule has 0 bridgehead atoms. The van der Waals surface area contributed by atoms with Crippen molar-refractivity contribution in [2.45, 2.75) is 0 Å². The predicted molar refractivity (Wildman–Crippen MR) is 62.2 cm³/mol. The molecule has 0 unspecified atom stereocenters. The minimum Gasteiger partial charge on any atom is -0.494 e. The average molecular weight is 256 g/mol. The summed E-state index contributed by atoms with van der Waals surface area (Å²) in [7, 11) is 2.65. The molecule has 2 amide bonds. The molecule has 1 aromatic rings. The Bertz CT molecular complexity index is 464. The fourth-order valence-corrected chi connectivity index (χ4v) is 1.24. The summed E-state index contributed by atoms with van der Waals surface area (Å²) in [6, 6.07) is 3.27. The second-order valence-electron chi connectivity index (χ2n) is 3.53. The summed E-state index contributed by atoms with van der Waals surface area (Å²) in [5.74, 6) is -1.68. The van der Waals surface area contributed by atoms with E-state index in [1.165, 1.54) is 26.3 Å². The van der Waals surface area contributed by atoms with Gasteiger partial charge in [-0.2, -0.15) is 0 Å². The van der Waals surface area contributed by atoms with E-state index in [-0.39, 0.29) is 11.4 Å². The number of carboxylic acid groups (broad SMARTS) is 1. The number of urea groups is 1. The van der Waals surface area contributed by atoms with Gasteiger partial charge in [0.15, 0.2) is 11.6 Å². The maximum absolute atomic E-state index is 13.3. The van der Waals surface area contributed by atoms with Gasteiger partial charge in [-0.25, -0.2) is 9.18 Å². The van der Waals surface area contributed by atoms with Crippen LogP contribution in [0.5, 0.6) is 5.75 Å². The second-order valence-corrected chi connectivity index (χ2v) is 3.53. The van der Waals surface area contributed by atoms with Crippen LogP contribution in [0.3, 0.4) is 0 Å². The molecule has 1 rings (SSSR count). The van der Waals surface area contributed by atoms with E-state index in [1.807, 2.05) is 0 Å². The van der Waals surface area contributed by atoms with Crippen LogP contribution in [0.2, 0.25) is 0 Å². The first-order chi connectivity index (χ1) is 8.43. The largest absolute Gasteiger partial charge is 0.494 e. The highest BCUT2D eigenvalue weighted by Gasteiger charge is 2.13. The number of halogens is 1. The lowest BCUT2D eigenvalue weighted by Gasteiger charge is -2.15. The van der Waals surface area contributed by atoms with Gasteiger partial charge >= 0.3 is 12.0 Å². The number of nitrogens with zero attached hydrogens (tertiary/aromatic N) is 1. The van der Waals surface area contributed by atoms with Crippen molar-refractivity contribution in [1.29, 1.82) is 0 Å². The van der Waals surface area contributed by atoms with E-state index in [0.29, 0.717) is 0 Å². The first-order valence-corrected chi connectivity index (χ1v) is 5.01. The summed E-state index contributed by atoms with van der Waals surface area (Å²) in [6.45, 7) is -0.440. The molecule has 0 spiro atoms. The molecule has 0 saturated heterocycles. The van der Waals surface area contributed by atoms with E-state index in [1.54, 1.807) is 0 Å². The van der Waals surface area contributed by atoms with Crippen LogP contribution in [-0.2, 0) is 4.79 Å². The molecule has 0 fully saturated rings. The predicted octanol–water partition coefficient (Wildman–Crippen LogP) is 1.38. The van der Waals surface area contributed by atoms with Crippen molar-refractivity contribution < 1.29 is 23.8 Å². The van der Waals surface area contributed by atoms with E-state index >= 15 is 0 Å². The molecule has 0 aliphatic carbocycles. The number of hydrogen-bond donors (Lipinski definition) is 2. The molecule has 0 saturated carbocycles. The Morgan fingerprint density at radius 1 is 1.50 bits per heavy atom. The minimum atomic E-state index is -1.13. The standard InChI is InChI=1S/C11H13FN2O4/c1-14(6-10(15)16)11(17)13-7-3-4-9(18-2)8(12)5-7/h3-5H,6H2,1-2H3,(H,13,17)(H,15,16). The number of hydrogen-bond acceptors (Lipinski definition) is 3. The summed E-state index contributed by atoms with van der Waals surface area (Å²) in [5.41, 5.74) is 0.218. The van der Waals surface area contributed by atoms with Gasteiger partial charge in [0.25, 0.3) is 0 Å². The van der Waals surface area contributed by atoms with Crippen LogP contribution in [0.1, 0.15) is 0 Å². The Hall–Kier alpha value is -2.31. The van der Waals surface area contributed by atoms with Crippen molar-refractivity contribution in [2.75, 3.05) is 26.0 Å². The molecule has 2 N–H and O–H groups in total. The zero-order valence-corrected chi connectivity index (χ0v) is 9.94. The third kappa shape index (κ3) is 3.62. The van der Waals surface area contributed by atoms with Gasteiger partial charge < -0.3 is 20.1 Å². The van der Waals surface area contributed by atoms with Crippen LogP contribution in [0, 0.1) is 5.82 Å². The number of benzene rings is 1. The van der Waals surface area contributed by atoms with Gasteiger partial charge in [0.05, 0.1) is 7.11 Å². The van der Waals surface area contributed by atoms with Crippen molar-refractivity contribution in [3.05, 3.63) is 24.0 Å². The normalized spacial score (nSPS) is 9.72. The summed E-state index contributed by atoms with van der Waals surface area (Å²) in [4.78, 5) is 22.9. The zero-order chi connectivity index (χ0) is 13.7. The van der Waals surface area contributed by atoms with Crippen LogP contribution in [0.15, 0.2) is 18.2 Å². The molecule has 0 radical (unpaired) electrons. The first-order valence-electron chi connectivity index (χ1n) is 5.01.